The molecule has 1 aliphatic heterocycles. The second kappa shape index (κ2) is 5.74. The molecular weight excluding hydrogens is 232 g/mol. The fourth-order valence-corrected chi connectivity index (χ4v) is 2.78. The molecule has 2 amide bonds. The molecule has 0 aromatic rings. The highest BCUT2D eigenvalue weighted by Crippen LogP contribution is 2.27. The van der Waals surface area contributed by atoms with Gasteiger partial charge in [0.15, 0.2) is 0 Å². The summed E-state index contributed by atoms with van der Waals surface area (Å²) in [6.45, 7) is -0.805. The number of aliphatic carboxylic acids is 1. The fourth-order valence-electron chi connectivity index (χ4n) is 1.54. The van der Waals surface area contributed by atoms with Crippen molar-refractivity contribution in [3.63, 3.8) is 0 Å². The fraction of sp³-hybridized carbons (Fsp3) is 0.667. The first kappa shape index (κ1) is 12.8. The van der Waals surface area contributed by atoms with Crippen molar-refractivity contribution >= 4 is 29.5 Å². The van der Waals surface area contributed by atoms with Gasteiger partial charge in [-0.25, -0.2) is 0 Å². The van der Waals surface area contributed by atoms with E-state index in [1.807, 2.05) is 0 Å². The van der Waals surface area contributed by atoms with Crippen LogP contribution in [-0.4, -0.2) is 51.9 Å². The van der Waals surface area contributed by atoms with Gasteiger partial charge in [0.2, 0.25) is 11.8 Å². The Hall–Kier alpha value is -1.24. The van der Waals surface area contributed by atoms with E-state index in [-0.39, 0.29) is 17.7 Å². The van der Waals surface area contributed by atoms with E-state index in [9.17, 15) is 14.4 Å². The van der Waals surface area contributed by atoms with Crippen LogP contribution in [0.1, 0.15) is 12.8 Å². The maximum absolute atomic E-state index is 11.9. The van der Waals surface area contributed by atoms with Gasteiger partial charge in [-0.3, -0.25) is 14.4 Å². The Bertz CT molecular complexity index is 286. The van der Waals surface area contributed by atoms with Gasteiger partial charge in [-0.1, -0.05) is 0 Å². The molecule has 7 heteroatoms. The van der Waals surface area contributed by atoms with E-state index in [1.165, 1.54) is 11.8 Å². The lowest BCUT2D eigenvalue weighted by molar-refractivity contribution is -0.145. The Morgan fingerprint density at radius 2 is 2.06 bits per heavy atom. The van der Waals surface area contributed by atoms with Crippen LogP contribution in [0.3, 0.4) is 0 Å². The third-order valence-corrected chi connectivity index (χ3v) is 3.55. The molecule has 1 aliphatic rings. The van der Waals surface area contributed by atoms with Crippen molar-refractivity contribution in [2.75, 3.05) is 18.8 Å². The zero-order chi connectivity index (χ0) is 12.1. The van der Waals surface area contributed by atoms with E-state index in [0.717, 1.165) is 23.5 Å². The van der Waals surface area contributed by atoms with Crippen LogP contribution in [0, 0.1) is 0 Å². The maximum Gasteiger partial charge on any atom is 0.323 e. The number of amides is 2. The number of nitrogens with zero attached hydrogens (tertiary/aromatic N) is 1. The molecule has 0 bridgehead atoms. The molecular formula is C9H14N2O4S. The summed E-state index contributed by atoms with van der Waals surface area (Å²) in [7, 11) is 0. The van der Waals surface area contributed by atoms with Crippen LogP contribution in [0.15, 0.2) is 0 Å². The van der Waals surface area contributed by atoms with Crippen LogP contribution in [0.25, 0.3) is 0 Å². The minimum Gasteiger partial charge on any atom is -0.480 e. The molecule has 3 N–H and O–H groups in total. The Kier molecular flexibility index (Phi) is 4.60. The third-order valence-electron chi connectivity index (χ3n) is 2.19. The lowest BCUT2D eigenvalue weighted by Gasteiger charge is -2.21. The molecule has 16 heavy (non-hydrogen) atoms. The summed E-state index contributed by atoms with van der Waals surface area (Å²) >= 11 is 1.50. The number of nitrogens with two attached hydrogens (primary N) is 1. The topological polar surface area (TPSA) is 101 Å². The van der Waals surface area contributed by atoms with Gasteiger partial charge in [0.1, 0.15) is 6.54 Å². The van der Waals surface area contributed by atoms with Crippen LogP contribution < -0.4 is 5.73 Å². The minimum atomic E-state index is -1.14. The second-order valence-corrected chi connectivity index (χ2v) is 4.87. The molecule has 1 atom stereocenters. The number of carbonyl (C=O) groups excluding carboxylic acids is 2. The highest BCUT2D eigenvalue weighted by atomic mass is 32.2. The van der Waals surface area contributed by atoms with E-state index in [2.05, 4.69) is 0 Å². The normalized spacial score (nSPS) is 19.4. The van der Waals surface area contributed by atoms with Gasteiger partial charge < -0.3 is 15.7 Å². The van der Waals surface area contributed by atoms with Gasteiger partial charge in [0.25, 0.3) is 0 Å². The van der Waals surface area contributed by atoms with Crippen LogP contribution in [0.5, 0.6) is 0 Å². The first-order chi connectivity index (χ1) is 7.50. The molecule has 90 valence electrons. The van der Waals surface area contributed by atoms with E-state index in [0.29, 0.717) is 0 Å². The zero-order valence-electron chi connectivity index (χ0n) is 8.72. The Morgan fingerprint density at radius 3 is 2.50 bits per heavy atom. The molecule has 1 unspecified atom stereocenters. The molecule has 0 aromatic heterocycles. The predicted molar refractivity (Wildman–Crippen MR) is 58.9 cm³/mol. The first-order valence-electron chi connectivity index (χ1n) is 4.91. The monoisotopic (exact) mass is 246 g/mol. The molecule has 0 saturated carbocycles. The standard InChI is InChI=1S/C9H14N2O4S/c10-7(12)4-11(5-8(13)14)9(15)6-2-1-3-16-6/h6H,1-5H2,(H2,10,12)(H,13,14). The Balaban J connectivity index is 2.62. The summed E-state index contributed by atoms with van der Waals surface area (Å²) in [5, 5.41) is 8.41. The van der Waals surface area contributed by atoms with Gasteiger partial charge >= 0.3 is 5.97 Å². The maximum atomic E-state index is 11.9. The van der Waals surface area contributed by atoms with Crippen molar-refractivity contribution in [2.24, 2.45) is 5.73 Å². The molecule has 1 saturated heterocycles. The summed E-state index contributed by atoms with van der Waals surface area (Å²) in [4.78, 5) is 34.2. The lowest BCUT2D eigenvalue weighted by atomic mass is 10.2. The van der Waals surface area contributed by atoms with Crippen molar-refractivity contribution < 1.29 is 19.5 Å². The number of carboxylic acids is 1. The smallest absolute Gasteiger partial charge is 0.323 e. The highest BCUT2D eigenvalue weighted by molar-refractivity contribution is 8.00. The van der Waals surface area contributed by atoms with Crippen molar-refractivity contribution in [3.8, 4) is 0 Å². The SMILES string of the molecule is NC(=O)CN(CC(=O)O)C(=O)C1CCCS1. The summed E-state index contributed by atoms with van der Waals surface area (Å²) in [5.74, 6) is -1.24. The van der Waals surface area contributed by atoms with Crippen LogP contribution in [0.2, 0.25) is 0 Å². The van der Waals surface area contributed by atoms with Crippen LogP contribution >= 0.6 is 11.8 Å². The summed E-state index contributed by atoms with van der Waals surface area (Å²) in [6, 6.07) is 0. The second-order valence-electron chi connectivity index (χ2n) is 3.56. The number of primary amides is 1. The Labute approximate surface area is 97.2 Å². The van der Waals surface area contributed by atoms with Gasteiger partial charge in [-0.05, 0) is 18.6 Å². The number of carboxylic acid groups (broad SMARTS) is 1. The van der Waals surface area contributed by atoms with E-state index >= 15 is 0 Å². The molecule has 6 nitrogen and oxygen atoms in total. The minimum absolute atomic E-state index is 0.223. The predicted octanol–water partition coefficient (Wildman–Crippen LogP) is -0.720. The summed E-state index contributed by atoms with van der Waals surface area (Å²) in [6.07, 6.45) is 1.68. The van der Waals surface area contributed by atoms with Gasteiger partial charge in [-0.15, -0.1) is 11.8 Å². The number of hydrogen-bond acceptors (Lipinski definition) is 4. The van der Waals surface area contributed by atoms with Gasteiger partial charge in [-0.2, -0.15) is 0 Å². The molecule has 1 fully saturated rings. The number of thioether (sulfide) groups is 1. The molecule has 0 aliphatic carbocycles. The highest BCUT2D eigenvalue weighted by Gasteiger charge is 2.29. The molecule has 0 aromatic carbocycles. The van der Waals surface area contributed by atoms with E-state index in [4.69, 9.17) is 10.8 Å². The van der Waals surface area contributed by atoms with Gasteiger partial charge in [0.05, 0.1) is 11.8 Å². The zero-order valence-corrected chi connectivity index (χ0v) is 9.53. The molecule has 1 rings (SSSR count). The lowest BCUT2D eigenvalue weighted by Crippen LogP contribution is -2.44. The van der Waals surface area contributed by atoms with Crippen molar-refractivity contribution in [1.29, 1.82) is 0 Å². The van der Waals surface area contributed by atoms with Crippen LogP contribution in [0.4, 0.5) is 0 Å². The number of rotatable bonds is 5. The molecule has 1 heterocycles. The molecule has 0 radical (unpaired) electrons. The quantitative estimate of drug-likeness (QED) is 0.666. The average Bonchev–Trinajstić information content (AvgIpc) is 2.66. The first-order valence-corrected chi connectivity index (χ1v) is 5.96. The third kappa shape index (κ3) is 3.73. The summed E-state index contributed by atoms with van der Waals surface area (Å²) in [5.41, 5.74) is 4.97. The molecule has 0 spiro atoms. The van der Waals surface area contributed by atoms with Crippen molar-refractivity contribution in [3.05, 3.63) is 0 Å². The van der Waals surface area contributed by atoms with Crippen molar-refractivity contribution in [1.82, 2.24) is 4.90 Å². The average molecular weight is 246 g/mol. The van der Waals surface area contributed by atoms with Crippen LogP contribution in [-0.2, 0) is 14.4 Å². The number of carbonyl (C=O) groups is 3. The Morgan fingerprint density at radius 1 is 1.38 bits per heavy atom. The van der Waals surface area contributed by atoms with E-state index < -0.39 is 18.4 Å². The van der Waals surface area contributed by atoms with Crippen molar-refractivity contribution in [2.45, 2.75) is 18.1 Å². The number of hydrogen-bond donors (Lipinski definition) is 2. The van der Waals surface area contributed by atoms with E-state index in [1.54, 1.807) is 0 Å². The largest absolute Gasteiger partial charge is 0.480 e. The summed E-state index contributed by atoms with van der Waals surface area (Å²) < 4.78 is 0. The van der Waals surface area contributed by atoms with Gasteiger partial charge in [0, 0.05) is 0 Å².